The molecule has 1 unspecified atom stereocenters. The van der Waals surface area contributed by atoms with Gasteiger partial charge in [0, 0.05) is 17.3 Å². The Morgan fingerprint density at radius 2 is 2.35 bits per heavy atom. The quantitative estimate of drug-likeness (QED) is 0.829. The molecule has 2 heterocycles. The molecule has 0 radical (unpaired) electrons. The van der Waals surface area contributed by atoms with Crippen LogP contribution in [0.15, 0.2) is 41.3 Å². The summed E-state index contributed by atoms with van der Waals surface area (Å²) in [5.41, 5.74) is 7.97. The fourth-order valence-electron chi connectivity index (χ4n) is 1.81. The van der Waals surface area contributed by atoms with Crippen LogP contribution in [-0.2, 0) is 0 Å². The molecule has 3 N–H and O–H groups in total. The van der Waals surface area contributed by atoms with E-state index >= 15 is 0 Å². The second kappa shape index (κ2) is 5.50. The number of furan rings is 1. The van der Waals surface area contributed by atoms with E-state index in [0.717, 1.165) is 24.1 Å². The van der Waals surface area contributed by atoms with E-state index in [4.69, 9.17) is 10.2 Å². The number of rotatable bonds is 5. The molecule has 0 aliphatic heterocycles. The third-order valence-electron chi connectivity index (χ3n) is 2.66. The summed E-state index contributed by atoms with van der Waals surface area (Å²) in [6, 6.07) is 5.87. The van der Waals surface area contributed by atoms with E-state index in [2.05, 4.69) is 17.2 Å². The van der Waals surface area contributed by atoms with Gasteiger partial charge in [-0.3, -0.25) is 0 Å². The molecule has 0 bridgehead atoms. The third-order valence-corrected chi connectivity index (χ3v) is 2.66. The molecule has 4 nitrogen and oxygen atoms in total. The maximum absolute atomic E-state index is 5.92. The first kappa shape index (κ1) is 11.7. The Hall–Kier alpha value is -1.81. The van der Waals surface area contributed by atoms with Crippen LogP contribution in [0.1, 0.15) is 30.5 Å². The van der Waals surface area contributed by atoms with Gasteiger partial charge in [-0.15, -0.1) is 0 Å². The van der Waals surface area contributed by atoms with Crippen molar-refractivity contribution < 1.29 is 4.42 Å². The van der Waals surface area contributed by atoms with Crippen LogP contribution in [0.5, 0.6) is 0 Å². The number of nitrogens with zero attached hydrogens (tertiary/aromatic N) is 1. The monoisotopic (exact) mass is 231 g/mol. The highest BCUT2D eigenvalue weighted by Gasteiger charge is 2.17. The first-order valence-electron chi connectivity index (χ1n) is 5.78. The molecule has 4 heteroatoms. The van der Waals surface area contributed by atoms with Crippen LogP contribution in [0.25, 0.3) is 0 Å². The molecule has 0 spiro atoms. The van der Waals surface area contributed by atoms with Gasteiger partial charge in [0.05, 0.1) is 18.6 Å². The Morgan fingerprint density at radius 1 is 1.47 bits per heavy atom. The molecule has 17 heavy (non-hydrogen) atoms. The van der Waals surface area contributed by atoms with Crippen molar-refractivity contribution in [3.05, 3.63) is 48.0 Å². The van der Waals surface area contributed by atoms with E-state index < -0.39 is 0 Å². The van der Waals surface area contributed by atoms with Gasteiger partial charge in [0.15, 0.2) is 0 Å². The summed E-state index contributed by atoms with van der Waals surface area (Å²) in [4.78, 5) is 4.13. The van der Waals surface area contributed by atoms with Crippen LogP contribution in [0.3, 0.4) is 0 Å². The molecular formula is C13H17N3O. The van der Waals surface area contributed by atoms with Gasteiger partial charge in [0.1, 0.15) is 5.82 Å². The van der Waals surface area contributed by atoms with Gasteiger partial charge in [0.2, 0.25) is 0 Å². The van der Waals surface area contributed by atoms with Crippen molar-refractivity contribution in [3.63, 3.8) is 0 Å². The minimum Gasteiger partial charge on any atom is -0.472 e. The van der Waals surface area contributed by atoms with Crippen LogP contribution in [0, 0.1) is 0 Å². The lowest BCUT2D eigenvalue weighted by Crippen LogP contribution is -2.24. The smallest absolute Gasteiger partial charge is 0.128 e. The molecule has 0 aromatic carbocycles. The van der Waals surface area contributed by atoms with Crippen molar-refractivity contribution in [2.24, 2.45) is 0 Å². The molecule has 0 amide bonds. The highest BCUT2D eigenvalue weighted by molar-refractivity contribution is 5.44. The van der Waals surface area contributed by atoms with Crippen LogP contribution >= 0.6 is 0 Å². The van der Waals surface area contributed by atoms with E-state index in [1.807, 2.05) is 18.2 Å². The van der Waals surface area contributed by atoms with E-state index in [9.17, 15) is 0 Å². The molecule has 2 aromatic heterocycles. The molecule has 0 saturated carbocycles. The molecule has 1 atom stereocenters. The molecule has 0 saturated heterocycles. The maximum atomic E-state index is 5.92. The summed E-state index contributed by atoms with van der Waals surface area (Å²) in [6.45, 7) is 3.05. The van der Waals surface area contributed by atoms with Crippen LogP contribution in [-0.4, -0.2) is 11.5 Å². The lowest BCUT2D eigenvalue weighted by molar-refractivity contribution is 0.548. The summed E-state index contributed by atoms with van der Waals surface area (Å²) < 4.78 is 5.14. The van der Waals surface area contributed by atoms with Gasteiger partial charge in [-0.1, -0.05) is 13.0 Å². The molecule has 90 valence electrons. The summed E-state index contributed by atoms with van der Waals surface area (Å²) >= 11 is 0. The number of nitrogens with one attached hydrogen (secondary N) is 1. The van der Waals surface area contributed by atoms with Crippen molar-refractivity contribution in [1.29, 1.82) is 0 Å². The zero-order valence-corrected chi connectivity index (χ0v) is 9.89. The van der Waals surface area contributed by atoms with Crippen LogP contribution < -0.4 is 11.1 Å². The summed E-state index contributed by atoms with van der Waals surface area (Å²) in [5, 5.41) is 3.45. The Bertz CT molecular complexity index is 453. The highest BCUT2D eigenvalue weighted by atomic mass is 16.3. The predicted octanol–water partition coefficient (Wildman–Crippen LogP) is 2.35. The van der Waals surface area contributed by atoms with Gasteiger partial charge < -0.3 is 15.5 Å². The zero-order chi connectivity index (χ0) is 12.1. The van der Waals surface area contributed by atoms with E-state index in [0.29, 0.717) is 5.82 Å². The van der Waals surface area contributed by atoms with Gasteiger partial charge >= 0.3 is 0 Å². The Labute approximate surface area is 101 Å². The molecule has 0 fully saturated rings. The zero-order valence-electron chi connectivity index (χ0n) is 9.89. The lowest BCUT2D eigenvalue weighted by Gasteiger charge is -2.18. The summed E-state index contributed by atoms with van der Waals surface area (Å²) in [7, 11) is 0. The summed E-state index contributed by atoms with van der Waals surface area (Å²) in [6.07, 6.45) is 6.17. The van der Waals surface area contributed by atoms with E-state index in [-0.39, 0.29) is 6.04 Å². The van der Waals surface area contributed by atoms with E-state index in [1.165, 1.54) is 0 Å². The van der Waals surface area contributed by atoms with Crippen molar-refractivity contribution in [2.75, 3.05) is 12.3 Å². The van der Waals surface area contributed by atoms with Gasteiger partial charge in [-0.05, 0) is 25.1 Å². The average Bonchev–Trinajstić information content (AvgIpc) is 2.85. The highest BCUT2D eigenvalue weighted by Crippen LogP contribution is 2.25. The molecule has 0 aliphatic carbocycles. The number of hydrogen-bond acceptors (Lipinski definition) is 4. The number of pyridine rings is 1. The maximum Gasteiger partial charge on any atom is 0.128 e. The average molecular weight is 231 g/mol. The van der Waals surface area contributed by atoms with Crippen molar-refractivity contribution in [1.82, 2.24) is 10.3 Å². The summed E-state index contributed by atoms with van der Waals surface area (Å²) in [5.74, 6) is 0.558. The predicted molar refractivity (Wildman–Crippen MR) is 67.5 cm³/mol. The van der Waals surface area contributed by atoms with Gasteiger partial charge in [0.25, 0.3) is 0 Å². The fourth-order valence-corrected chi connectivity index (χ4v) is 1.81. The number of anilines is 1. The van der Waals surface area contributed by atoms with E-state index in [1.54, 1.807) is 18.7 Å². The lowest BCUT2D eigenvalue weighted by atomic mass is 10.0. The molecule has 0 aliphatic rings. The van der Waals surface area contributed by atoms with Crippen LogP contribution in [0.4, 0.5) is 5.82 Å². The number of nitrogens with two attached hydrogens (primary N) is 1. The normalized spacial score (nSPS) is 12.5. The van der Waals surface area contributed by atoms with Gasteiger partial charge in [-0.2, -0.15) is 0 Å². The largest absolute Gasteiger partial charge is 0.472 e. The number of hydrogen-bond donors (Lipinski definition) is 2. The SMILES string of the molecule is CCCNC(c1ccoc1)c1cccnc1N. The van der Waals surface area contributed by atoms with Crippen molar-refractivity contribution >= 4 is 5.82 Å². The number of nitrogen functional groups attached to an aromatic ring is 1. The second-order valence-electron chi connectivity index (χ2n) is 3.92. The standard InChI is InChI=1S/C13H17N3O/c1-2-6-15-12(10-5-8-17-9-10)11-4-3-7-16-13(11)14/h3-5,7-9,12,15H,2,6H2,1H3,(H2,14,16). The molecular weight excluding hydrogens is 214 g/mol. The Kier molecular flexibility index (Phi) is 3.77. The first-order valence-corrected chi connectivity index (χ1v) is 5.78. The van der Waals surface area contributed by atoms with Crippen molar-refractivity contribution in [2.45, 2.75) is 19.4 Å². The van der Waals surface area contributed by atoms with Crippen molar-refractivity contribution in [3.8, 4) is 0 Å². The first-order chi connectivity index (χ1) is 8.33. The van der Waals surface area contributed by atoms with Crippen LogP contribution in [0.2, 0.25) is 0 Å². The Balaban J connectivity index is 2.30. The minimum atomic E-state index is 0.0439. The topological polar surface area (TPSA) is 64.1 Å². The minimum absolute atomic E-state index is 0.0439. The Morgan fingerprint density at radius 3 is 3.00 bits per heavy atom. The van der Waals surface area contributed by atoms with Gasteiger partial charge in [-0.25, -0.2) is 4.98 Å². The molecule has 2 aromatic rings. The second-order valence-corrected chi connectivity index (χ2v) is 3.92. The molecule has 2 rings (SSSR count). The fraction of sp³-hybridized carbons (Fsp3) is 0.308. The number of aromatic nitrogens is 1. The third kappa shape index (κ3) is 2.65.